The fraction of sp³-hybridized carbons (Fsp3) is 0.600. The zero-order valence-corrected chi connectivity index (χ0v) is 5.90. The van der Waals surface area contributed by atoms with Crippen molar-refractivity contribution in [2.75, 3.05) is 7.05 Å². The van der Waals surface area contributed by atoms with Crippen molar-refractivity contribution in [3.8, 4) is 0 Å². The predicted molar refractivity (Wildman–Crippen MR) is 34.3 cm³/mol. The van der Waals surface area contributed by atoms with Crippen LogP contribution in [0.4, 0.5) is 0 Å². The van der Waals surface area contributed by atoms with Crippen molar-refractivity contribution in [2.45, 2.75) is 12.8 Å². The summed E-state index contributed by atoms with van der Waals surface area (Å²) in [6.07, 6.45) is 0.796. The summed E-state index contributed by atoms with van der Waals surface area (Å²) in [7, 11) is 1.51. The van der Waals surface area contributed by atoms with Gasteiger partial charge < -0.3 is 0 Å². The molecule has 0 bridgehead atoms. The van der Waals surface area contributed by atoms with Gasteiger partial charge in [0.05, 0.1) is 0 Å². The Hall–Kier alpha value is -0.570. The Morgan fingerprint density at radius 1 is 1.22 bits per heavy atom. The van der Waals surface area contributed by atoms with Gasteiger partial charge in [-0.2, -0.15) is 0 Å². The van der Waals surface area contributed by atoms with Gasteiger partial charge >= 0.3 is 0 Å². The SMILES string of the molecule is CN1C(=O)CCC1=O.Cl. The molecule has 1 aliphatic heterocycles. The van der Waals surface area contributed by atoms with Gasteiger partial charge in [0.15, 0.2) is 0 Å². The average Bonchev–Trinajstić information content (AvgIpc) is 1.98. The third-order valence-corrected chi connectivity index (χ3v) is 1.30. The van der Waals surface area contributed by atoms with Crippen LogP contribution in [0, 0.1) is 0 Å². The van der Waals surface area contributed by atoms with Gasteiger partial charge in [-0.05, 0) is 0 Å². The Morgan fingerprint density at radius 3 is 1.67 bits per heavy atom. The molecule has 0 aliphatic carbocycles. The molecular weight excluding hydrogens is 142 g/mol. The second-order valence-electron chi connectivity index (χ2n) is 1.85. The second kappa shape index (κ2) is 2.82. The molecule has 0 unspecified atom stereocenters. The van der Waals surface area contributed by atoms with E-state index < -0.39 is 0 Å². The van der Waals surface area contributed by atoms with Gasteiger partial charge in [0.25, 0.3) is 0 Å². The highest BCUT2D eigenvalue weighted by molar-refractivity contribution is 6.01. The van der Waals surface area contributed by atoms with Gasteiger partial charge in [0, 0.05) is 19.9 Å². The third-order valence-electron chi connectivity index (χ3n) is 1.30. The van der Waals surface area contributed by atoms with Gasteiger partial charge in [-0.3, -0.25) is 14.5 Å². The zero-order valence-electron chi connectivity index (χ0n) is 5.09. The molecule has 0 aromatic heterocycles. The molecule has 0 saturated carbocycles. The second-order valence-corrected chi connectivity index (χ2v) is 1.85. The van der Waals surface area contributed by atoms with E-state index in [1.165, 1.54) is 11.9 Å². The van der Waals surface area contributed by atoms with E-state index in [1.807, 2.05) is 0 Å². The first-order chi connectivity index (χ1) is 3.72. The molecule has 9 heavy (non-hydrogen) atoms. The van der Waals surface area contributed by atoms with Crippen LogP contribution < -0.4 is 0 Å². The summed E-state index contributed by atoms with van der Waals surface area (Å²) in [5, 5.41) is 0. The highest BCUT2D eigenvalue weighted by Gasteiger charge is 2.24. The van der Waals surface area contributed by atoms with E-state index in [0.29, 0.717) is 12.8 Å². The molecule has 0 spiro atoms. The van der Waals surface area contributed by atoms with E-state index in [-0.39, 0.29) is 24.2 Å². The minimum absolute atomic E-state index is 0. The van der Waals surface area contributed by atoms with Crippen LogP contribution in [0.3, 0.4) is 0 Å². The van der Waals surface area contributed by atoms with Crippen LogP contribution in [0.1, 0.15) is 12.8 Å². The molecule has 0 aromatic carbocycles. The molecule has 2 amide bonds. The van der Waals surface area contributed by atoms with Crippen molar-refractivity contribution in [1.82, 2.24) is 4.90 Å². The van der Waals surface area contributed by atoms with Crippen LogP contribution in [0.25, 0.3) is 0 Å². The molecule has 0 aromatic rings. The Labute approximate surface area is 59.4 Å². The fourth-order valence-electron chi connectivity index (χ4n) is 0.688. The maximum Gasteiger partial charge on any atom is 0.229 e. The number of carbonyl (C=O) groups is 2. The van der Waals surface area contributed by atoms with E-state index in [0.717, 1.165) is 0 Å². The zero-order chi connectivity index (χ0) is 6.15. The van der Waals surface area contributed by atoms with Crippen molar-refractivity contribution in [3.05, 3.63) is 0 Å². The number of imide groups is 1. The Bertz CT molecular complexity index is 130. The summed E-state index contributed by atoms with van der Waals surface area (Å²) in [4.78, 5) is 22.1. The number of hydrogen-bond acceptors (Lipinski definition) is 2. The Balaban J connectivity index is 0.000000640. The highest BCUT2D eigenvalue weighted by Crippen LogP contribution is 2.07. The summed E-state index contributed by atoms with van der Waals surface area (Å²) in [6.45, 7) is 0. The van der Waals surface area contributed by atoms with Crippen LogP contribution in [-0.2, 0) is 9.59 Å². The smallest absolute Gasteiger partial charge is 0.229 e. The molecule has 1 saturated heterocycles. The quantitative estimate of drug-likeness (QED) is 0.461. The lowest BCUT2D eigenvalue weighted by atomic mass is 10.4. The monoisotopic (exact) mass is 149 g/mol. The molecule has 0 radical (unpaired) electrons. The van der Waals surface area contributed by atoms with E-state index in [2.05, 4.69) is 0 Å². The topological polar surface area (TPSA) is 37.4 Å². The van der Waals surface area contributed by atoms with Crippen molar-refractivity contribution in [3.63, 3.8) is 0 Å². The summed E-state index contributed by atoms with van der Waals surface area (Å²) >= 11 is 0. The number of nitrogens with zero attached hydrogens (tertiary/aromatic N) is 1. The minimum Gasteiger partial charge on any atom is -0.286 e. The average molecular weight is 150 g/mol. The summed E-state index contributed by atoms with van der Waals surface area (Å²) in [6, 6.07) is 0. The molecule has 0 atom stereocenters. The number of hydrogen-bond donors (Lipinski definition) is 0. The lowest BCUT2D eigenvalue weighted by Crippen LogP contribution is -2.23. The number of carbonyl (C=O) groups excluding carboxylic acids is 2. The molecule has 52 valence electrons. The maximum atomic E-state index is 10.5. The lowest BCUT2D eigenvalue weighted by Gasteiger charge is -2.01. The largest absolute Gasteiger partial charge is 0.286 e. The summed E-state index contributed by atoms with van der Waals surface area (Å²) < 4.78 is 0. The molecule has 1 rings (SSSR count). The van der Waals surface area contributed by atoms with Crippen molar-refractivity contribution < 1.29 is 9.59 Å². The number of amides is 2. The van der Waals surface area contributed by atoms with Gasteiger partial charge in [-0.1, -0.05) is 0 Å². The van der Waals surface area contributed by atoms with Crippen LogP contribution >= 0.6 is 12.4 Å². The van der Waals surface area contributed by atoms with E-state index >= 15 is 0 Å². The van der Waals surface area contributed by atoms with Crippen LogP contribution in [-0.4, -0.2) is 23.8 Å². The first kappa shape index (κ1) is 8.43. The summed E-state index contributed by atoms with van der Waals surface area (Å²) in [5.74, 6) is -0.120. The van der Waals surface area contributed by atoms with Crippen molar-refractivity contribution >= 4 is 24.2 Å². The minimum atomic E-state index is -0.0602. The van der Waals surface area contributed by atoms with Crippen molar-refractivity contribution in [1.29, 1.82) is 0 Å². The Morgan fingerprint density at radius 2 is 1.56 bits per heavy atom. The molecule has 1 aliphatic rings. The van der Waals surface area contributed by atoms with Gasteiger partial charge in [-0.25, -0.2) is 0 Å². The third kappa shape index (κ3) is 1.42. The molecule has 1 heterocycles. The van der Waals surface area contributed by atoms with E-state index in [4.69, 9.17) is 0 Å². The number of rotatable bonds is 0. The molecule has 3 nitrogen and oxygen atoms in total. The molecule has 1 fully saturated rings. The van der Waals surface area contributed by atoms with Crippen LogP contribution in [0.2, 0.25) is 0 Å². The van der Waals surface area contributed by atoms with E-state index in [9.17, 15) is 9.59 Å². The normalized spacial score (nSPS) is 18.1. The van der Waals surface area contributed by atoms with E-state index in [1.54, 1.807) is 0 Å². The number of halogens is 1. The van der Waals surface area contributed by atoms with Crippen molar-refractivity contribution in [2.24, 2.45) is 0 Å². The molecular formula is C5H8ClNO2. The predicted octanol–water partition coefficient (Wildman–Crippen LogP) is 0.187. The molecule has 4 heteroatoms. The summed E-state index contributed by atoms with van der Waals surface area (Å²) in [5.41, 5.74) is 0. The first-order valence-corrected chi connectivity index (χ1v) is 2.51. The number of likely N-dealkylation sites (tertiary alicyclic amines) is 1. The Kier molecular flexibility index (Phi) is 2.65. The lowest BCUT2D eigenvalue weighted by molar-refractivity contribution is -0.136. The van der Waals surface area contributed by atoms with Crippen LogP contribution in [0.5, 0.6) is 0 Å². The standard InChI is InChI=1S/C5H7NO2.ClH/c1-6-4(7)2-3-5(6)8;/h2-3H2,1H3;1H. The van der Waals surface area contributed by atoms with Gasteiger partial charge in [0.2, 0.25) is 11.8 Å². The van der Waals surface area contributed by atoms with Crippen LogP contribution in [0.15, 0.2) is 0 Å². The fourth-order valence-corrected chi connectivity index (χ4v) is 0.688. The maximum absolute atomic E-state index is 10.5. The highest BCUT2D eigenvalue weighted by atomic mass is 35.5. The first-order valence-electron chi connectivity index (χ1n) is 2.51. The van der Waals surface area contributed by atoms with Gasteiger partial charge in [0.1, 0.15) is 0 Å². The van der Waals surface area contributed by atoms with Gasteiger partial charge in [-0.15, -0.1) is 12.4 Å². The molecule has 0 N–H and O–H groups in total.